The third-order valence-corrected chi connectivity index (χ3v) is 4.97. The number of benzene rings is 1. The van der Waals surface area contributed by atoms with Crippen LogP contribution in [-0.4, -0.2) is 37.6 Å². The van der Waals surface area contributed by atoms with Crippen molar-refractivity contribution in [3.8, 4) is 0 Å². The fourth-order valence-corrected chi connectivity index (χ4v) is 3.50. The second kappa shape index (κ2) is 5.38. The van der Waals surface area contributed by atoms with Crippen molar-refractivity contribution in [1.82, 2.24) is 24.8 Å². The Morgan fingerprint density at radius 3 is 2.91 bits per heavy atom. The predicted octanol–water partition coefficient (Wildman–Crippen LogP) is 2.83. The van der Waals surface area contributed by atoms with Gasteiger partial charge in [-0.15, -0.1) is 10.2 Å². The lowest BCUT2D eigenvalue weighted by atomic mass is 10.2. The number of imidazole rings is 1. The van der Waals surface area contributed by atoms with Gasteiger partial charge < -0.3 is 10.3 Å². The first-order valence-electron chi connectivity index (χ1n) is 7.49. The number of fused-ring (bicyclic) bond motifs is 2. The molecule has 8 heteroatoms. The molecule has 3 heterocycles. The number of hydrogen-bond acceptors (Lipinski definition) is 6. The third-order valence-electron chi connectivity index (χ3n) is 3.87. The molecule has 2 aromatic heterocycles. The van der Waals surface area contributed by atoms with Crippen LogP contribution in [0.5, 0.6) is 0 Å². The van der Waals surface area contributed by atoms with Gasteiger partial charge in [-0.1, -0.05) is 0 Å². The van der Waals surface area contributed by atoms with Crippen LogP contribution in [0.15, 0.2) is 27.3 Å². The van der Waals surface area contributed by atoms with E-state index < -0.39 is 0 Å². The number of aromatic nitrogens is 5. The van der Waals surface area contributed by atoms with Gasteiger partial charge in [0.25, 0.3) is 0 Å². The minimum atomic E-state index is 0.765. The lowest BCUT2D eigenvalue weighted by Crippen LogP contribution is -2.11. The van der Waals surface area contributed by atoms with Crippen molar-refractivity contribution in [2.24, 2.45) is 5.10 Å². The molecule has 0 saturated carbocycles. The summed E-state index contributed by atoms with van der Waals surface area (Å²) in [5.41, 5.74) is 4.23. The monoisotopic (exact) mass is 327 g/mol. The predicted molar refractivity (Wildman–Crippen MR) is 91.4 cm³/mol. The number of nitrogens with one attached hydrogen (secondary N) is 2. The summed E-state index contributed by atoms with van der Waals surface area (Å²) < 4.78 is 1.86. The van der Waals surface area contributed by atoms with Crippen LogP contribution in [-0.2, 0) is 6.42 Å². The number of hydrogen-bond donors (Lipinski definition) is 2. The summed E-state index contributed by atoms with van der Waals surface area (Å²) in [5, 5.41) is 16.9. The summed E-state index contributed by atoms with van der Waals surface area (Å²) in [6.45, 7) is 4.13. The molecule has 7 nitrogen and oxygen atoms in total. The largest absolute Gasteiger partial charge is 0.359 e. The molecule has 0 amide bonds. The van der Waals surface area contributed by atoms with Crippen molar-refractivity contribution in [2.75, 3.05) is 12.4 Å². The van der Waals surface area contributed by atoms with Crippen LogP contribution in [0.25, 0.3) is 11.0 Å². The molecule has 0 bridgehead atoms. The van der Waals surface area contributed by atoms with Crippen LogP contribution >= 0.6 is 11.8 Å². The van der Waals surface area contributed by atoms with E-state index in [0.717, 1.165) is 51.4 Å². The van der Waals surface area contributed by atoms with Crippen LogP contribution in [0, 0.1) is 6.92 Å². The molecule has 4 rings (SSSR count). The number of H-pyrrole nitrogens is 1. The molecule has 0 unspecified atom stereocenters. The van der Waals surface area contributed by atoms with Gasteiger partial charge in [0.15, 0.2) is 5.82 Å². The number of rotatable bonds is 3. The number of aryl methyl sites for hydroxylation is 2. The number of anilines is 1. The Morgan fingerprint density at radius 2 is 2.09 bits per heavy atom. The maximum absolute atomic E-state index is 4.57. The molecule has 2 N–H and O–H groups in total. The van der Waals surface area contributed by atoms with E-state index in [1.807, 2.05) is 18.6 Å². The SMILES string of the molecule is CNc1nc2cc(Sc3nnc4n3N=C(C)CC4)c(C)cc2[nH]1. The molecule has 1 aromatic carbocycles. The second-order valence-electron chi connectivity index (χ2n) is 5.62. The van der Waals surface area contributed by atoms with Crippen LogP contribution in [0.4, 0.5) is 5.95 Å². The van der Waals surface area contributed by atoms with Gasteiger partial charge in [0.2, 0.25) is 11.1 Å². The highest BCUT2D eigenvalue weighted by Gasteiger charge is 2.18. The highest BCUT2D eigenvalue weighted by atomic mass is 32.2. The van der Waals surface area contributed by atoms with Gasteiger partial charge in [-0.3, -0.25) is 0 Å². The van der Waals surface area contributed by atoms with E-state index >= 15 is 0 Å². The van der Waals surface area contributed by atoms with Crippen molar-refractivity contribution in [3.05, 3.63) is 23.5 Å². The molecular formula is C15H17N7S. The molecule has 0 saturated heterocycles. The van der Waals surface area contributed by atoms with Crippen molar-refractivity contribution < 1.29 is 0 Å². The van der Waals surface area contributed by atoms with Crippen LogP contribution in [0.2, 0.25) is 0 Å². The van der Waals surface area contributed by atoms with Crippen LogP contribution in [0.1, 0.15) is 24.7 Å². The van der Waals surface area contributed by atoms with E-state index in [1.165, 1.54) is 5.56 Å². The van der Waals surface area contributed by atoms with Gasteiger partial charge >= 0.3 is 0 Å². The topological polar surface area (TPSA) is 83.8 Å². The van der Waals surface area contributed by atoms with E-state index in [4.69, 9.17) is 0 Å². The second-order valence-corrected chi connectivity index (χ2v) is 6.63. The Morgan fingerprint density at radius 1 is 1.22 bits per heavy atom. The zero-order valence-corrected chi connectivity index (χ0v) is 14.0. The standard InChI is InChI=1S/C15H17N7S/c1-8-6-10-11(18-14(16-3)17-10)7-12(8)23-15-20-19-13-5-4-9(2)21-22(13)15/h6-7H,4-5H2,1-3H3,(H2,16,17,18). The fourth-order valence-electron chi connectivity index (χ4n) is 2.60. The summed E-state index contributed by atoms with van der Waals surface area (Å²) in [6.07, 6.45) is 1.85. The minimum absolute atomic E-state index is 0.765. The Bertz CT molecular complexity index is 921. The Balaban J connectivity index is 1.73. The number of aromatic amines is 1. The van der Waals surface area contributed by atoms with Gasteiger partial charge in [-0.25, -0.2) is 4.98 Å². The lowest BCUT2D eigenvalue weighted by molar-refractivity contribution is 0.679. The van der Waals surface area contributed by atoms with Gasteiger partial charge in [0.1, 0.15) is 0 Å². The molecule has 1 aliphatic rings. The van der Waals surface area contributed by atoms with Crippen molar-refractivity contribution in [1.29, 1.82) is 0 Å². The zero-order valence-electron chi connectivity index (χ0n) is 13.2. The van der Waals surface area contributed by atoms with Gasteiger partial charge in [-0.2, -0.15) is 9.78 Å². The summed E-state index contributed by atoms with van der Waals surface area (Å²) in [4.78, 5) is 8.86. The summed E-state index contributed by atoms with van der Waals surface area (Å²) in [6, 6.07) is 4.18. The van der Waals surface area contributed by atoms with E-state index in [2.05, 4.69) is 49.6 Å². The minimum Gasteiger partial charge on any atom is -0.359 e. The summed E-state index contributed by atoms with van der Waals surface area (Å²) in [7, 11) is 1.85. The maximum atomic E-state index is 4.57. The Labute approximate surface area is 137 Å². The highest BCUT2D eigenvalue weighted by Crippen LogP contribution is 2.33. The van der Waals surface area contributed by atoms with E-state index in [0.29, 0.717) is 0 Å². The average molecular weight is 327 g/mol. The van der Waals surface area contributed by atoms with Gasteiger partial charge in [-0.05, 0) is 49.7 Å². The maximum Gasteiger partial charge on any atom is 0.216 e. The van der Waals surface area contributed by atoms with Crippen molar-refractivity contribution in [2.45, 2.75) is 36.7 Å². The van der Waals surface area contributed by atoms with E-state index in [9.17, 15) is 0 Å². The van der Waals surface area contributed by atoms with E-state index in [-0.39, 0.29) is 0 Å². The van der Waals surface area contributed by atoms with Crippen molar-refractivity contribution >= 4 is 34.5 Å². The lowest BCUT2D eigenvalue weighted by Gasteiger charge is -2.11. The normalized spacial score (nSPS) is 14.0. The Hall–Kier alpha value is -2.35. The average Bonchev–Trinajstić information content (AvgIpc) is 3.11. The molecule has 0 atom stereocenters. The highest BCUT2D eigenvalue weighted by molar-refractivity contribution is 7.99. The third kappa shape index (κ3) is 2.48. The number of nitrogens with zero attached hydrogens (tertiary/aromatic N) is 5. The van der Waals surface area contributed by atoms with E-state index in [1.54, 1.807) is 11.8 Å². The quantitative estimate of drug-likeness (QED) is 0.773. The Kier molecular flexibility index (Phi) is 3.33. The zero-order chi connectivity index (χ0) is 16.0. The van der Waals surface area contributed by atoms with Crippen LogP contribution in [0.3, 0.4) is 0 Å². The first-order valence-corrected chi connectivity index (χ1v) is 8.30. The molecule has 3 aromatic rings. The molecule has 0 radical (unpaired) electrons. The van der Waals surface area contributed by atoms with Crippen LogP contribution < -0.4 is 5.32 Å². The molecule has 0 aliphatic carbocycles. The first-order chi connectivity index (χ1) is 11.1. The molecular weight excluding hydrogens is 310 g/mol. The summed E-state index contributed by atoms with van der Waals surface area (Å²) >= 11 is 1.58. The van der Waals surface area contributed by atoms with Gasteiger partial charge in [0, 0.05) is 24.1 Å². The summed E-state index contributed by atoms with van der Waals surface area (Å²) in [5.74, 6) is 1.69. The molecule has 23 heavy (non-hydrogen) atoms. The molecule has 118 valence electrons. The van der Waals surface area contributed by atoms with Crippen molar-refractivity contribution in [3.63, 3.8) is 0 Å². The fraction of sp³-hybridized carbons (Fsp3) is 0.333. The first kappa shape index (κ1) is 14.3. The molecule has 1 aliphatic heterocycles. The molecule has 0 fully saturated rings. The molecule has 0 spiro atoms. The smallest absolute Gasteiger partial charge is 0.216 e. The van der Waals surface area contributed by atoms with Gasteiger partial charge in [0.05, 0.1) is 11.0 Å².